The third kappa shape index (κ3) is 22.3. The average Bonchev–Trinajstić information content (AvgIpc) is 3.02. The zero-order valence-corrected chi connectivity index (χ0v) is 57.4. The van der Waals surface area contributed by atoms with Crippen molar-refractivity contribution in [2.24, 2.45) is 41.2 Å². The smallest absolute Gasteiger partial charge is 0.249 e. The van der Waals surface area contributed by atoms with Gasteiger partial charge in [-0.1, -0.05) is 107 Å². The third-order valence-electron chi connectivity index (χ3n) is 16.4. The molecule has 6 N–H and O–H groups in total. The Hall–Kier alpha value is -6.39. The van der Waals surface area contributed by atoms with Gasteiger partial charge in [0.1, 0.15) is 66.5 Å². The van der Waals surface area contributed by atoms with E-state index in [0.717, 1.165) is 0 Å². The van der Waals surface area contributed by atoms with Gasteiger partial charge in [-0.15, -0.1) is 0 Å². The minimum Gasteiger partial charge on any atom is -0.343 e. The lowest BCUT2D eigenvalue weighted by Gasteiger charge is -2.40. The highest BCUT2D eigenvalue weighted by Crippen LogP contribution is 2.25. The summed E-state index contributed by atoms with van der Waals surface area (Å²) in [6.07, 6.45) is 6.63. The summed E-state index contributed by atoms with van der Waals surface area (Å²) in [4.78, 5) is 171. The van der Waals surface area contributed by atoms with E-state index in [2.05, 4.69) is 21.3 Å². The van der Waals surface area contributed by atoms with Gasteiger partial charge in [0.2, 0.25) is 65.0 Å². The second-order valence-electron chi connectivity index (χ2n) is 26.4. The topological polar surface area (TPSA) is 285 Å². The maximum Gasteiger partial charge on any atom is 0.249 e. The predicted molar refractivity (Wildman–Crippen MR) is 340 cm³/mol. The van der Waals surface area contributed by atoms with Crippen molar-refractivity contribution in [3.8, 4) is 0 Å². The Morgan fingerprint density at radius 3 is 1.36 bits per heavy atom. The maximum atomic E-state index is 15.2. The number of likely N-dealkylation sites (N-methyl/N-ethyl adjacent to an activating group) is 7. The molecule has 496 valence electrons. The first-order valence-electron chi connectivity index (χ1n) is 31.3. The zero-order chi connectivity index (χ0) is 67.4. The van der Waals surface area contributed by atoms with E-state index >= 15 is 9.59 Å². The summed E-state index contributed by atoms with van der Waals surface area (Å²) < 4.78 is 0. The van der Waals surface area contributed by atoms with Crippen LogP contribution >= 0.6 is 0 Å². The minimum absolute atomic E-state index is 0.0271. The normalized spacial score (nSPS) is 26.9. The highest BCUT2D eigenvalue weighted by Gasteiger charge is 2.44. The molecule has 1 aliphatic rings. The molecule has 0 bridgehead atoms. The number of rotatable bonds is 16. The van der Waals surface area contributed by atoms with E-state index in [9.17, 15) is 43.2 Å². The van der Waals surface area contributed by atoms with Crippen LogP contribution in [0.5, 0.6) is 0 Å². The molecule has 0 aromatic rings. The monoisotopic (exact) mass is 1230 g/mol. The van der Waals surface area contributed by atoms with Crippen LogP contribution in [0.4, 0.5) is 0 Å². The van der Waals surface area contributed by atoms with Gasteiger partial charge in [0.25, 0.3) is 0 Å². The molecule has 23 nitrogen and oxygen atoms in total. The Morgan fingerprint density at radius 1 is 0.471 bits per heavy atom. The molecule has 0 aromatic carbocycles. The molecule has 11 amide bonds. The van der Waals surface area contributed by atoms with E-state index in [1.807, 2.05) is 67.5 Å². The lowest BCUT2D eigenvalue weighted by atomic mass is 9.94. The van der Waals surface area contributed by atoms with E-state index < -0.39 is 143 Å². The van der Waals surface area contributed by atoms with Crippen molar-refractivity contribution < 1.29 is 52.7 Å². The van der Waals surface area contributed by atoms with E-state index in [1.54, 1.807) is 54.5 Å². The largest absolute Gasteiger partial charge is 0.343 e. The fraction of sp³-hybridized carbons (Fsp3) is 0.766. The molecule has 12 atom stereocenters. The summed E-state index contributed by atoms with van der Waals surface area (Å²) in [5.74, 6) is -8.68. The average molecular weight is 1230 g/mol. The summed E-state index contributed by atoms with van der Waals surface area (Å²) in [5.41, 5.74) is 6.80. The molecular formula is C64H114N12O11. The molecule has 0 aromatic heterocycles. The molecule has 23 heteroatoms. The highest BCUT2D eigenvalue weighted by molar-refractivity contribution is 6.00. The molecule has 0 aliphatic carbocycles. The summed E-state index contributed by atoms with van der Waals surface area (Å²) in [7, 11) is 10.2. The van der Waals surface area contributed by atoms with Crippen LogP contribution < -0.4 is 27.0 Å². The number of hydrogen-bond donors (Lipinski definition) is 5. The molecule has 0 spiro atoms. The maximum absolute atomic E-state index is 15.2. The van der Waals surface area contributed by atoms with Gasteiger partial charge in [-0.25, -0.2) is 0 Å². The van der Waals surface area contributed by atoms with Crippen molar-refractivity contribution in [1.29, 1.82) is 0 Å². The molecule has 1 heterocycles. The highest BCUT2D eigenvalue weighted by atomic mass is 16.2. The van der Waals surface area contributed by atoms with Gasteiger partial charge in [-0.2, -0.15) is 0 Å². The second kappa shape index (κ2) is 36.2. The number of carbonyl (C=O) groups excluding carboxylic acids is 11. The molecule has 0 unspecified atom stereocenters. The van der Waals surface area contributed by atoms with Gasteiger partial charge in [0.05, 0.1) is 0 Å². The standard InChI is InChI=1S/C64H114N12O11/c1-25-27-28-42(15)35-49-56(79)68-45(26-2)59(82)70(18)46(29-30-65)60(83)71(19)48(32-37(5)6)57(80)69-52(40(11)12)63(86)72(20)47(31-36(3)4)55(78)66-43(16)54(77)67-44(17)58(81)74(22)50(33-38(7)8)61(84)75(23)51(34-39(9)10)62(85)76(24)53(41(13)14)64(87)73(49)21/h25,27,33,36-37,39-53H,26,28-32,34-35,65H2,1-24H3,(H,66,78)(H,67,77)(H,68,79)(H,69,80)/b27-25+/t42-,43-,44+,45+,46-,47-,48+,49+,50-,51+,52-,53+/m1/s1. The molecule has 1 fully saturated rings. The Labute approximate surface area is 521 Å². The van der Waals surface area contributed by atoms with E-state index in [0.29, 0.717) is 12.0 Å². The van der Waals surface area contributed by atoms with Gasteiger partial charge >= 0.3 is 0 Å². The summed E-state index contributed by atoms with van der Waals surface area (Å²) >= 11 is 0. The van der Waals surface area contributed by atoms with Crippen LogP contribution in [0.25, 0.3) is 0 Å². The van der Waals surface area contributed by atoms with Gasteiger partial charge in [-0.3, -0.25) is 52.7 Å². The fourth-order valence-corrected chi connectivity index (χ4v) is 11.0. The molecule has 1 aliphatic heterocycles. The van der Waals surface area contributed by atoms with Crippen molar-refractivity contribution in [2.45, 2.75) is 229 Å². The van der Waals surface area contributed by atoms with E-state index in [4.69, 9.17) is 5.73 Å². The zero-order valence-electron chi connectivity index (χ0n) is 57.4. The Kier molecular flexibility index (Phi) is 32.7. The van der Waals surface area contributed by atoms with Crippen molar-refractivity contribution in [1.82, 2.24) is 55.6 Å². The summed E-state index contributed by atoms with van der Waals surface area (Å²) in [5, 5.41) is 11.2. The molecule has 1 saturated heterocycles. The van der Waals surface area contributed by atoms with Gasteiger partial charge in [-0.05, 0) is 122 Å². The van der Waals surface area contributed by atoms with Crippen molar-refractivity contribution in [2.75, 3.05) is 55.9 Å². The number of nitrogens with zero attached hydrogens (tertiary/aromatic N) is 7. The fourth-order valence-electron chi connectivity index (χ4n) is 11.0. The Morgan fingerprint density at radius 2 is 0.897 bits per heavy atom. The molecule has 0 saturated carbocycles. The van der Waals surface area contributed by atoms with Crippen LogP contribution in [0.3, 0.4) is 0 Å². The number of carbonyl (C=O) groups is 11. The minimum atomic E-state index is -1.27. The first-order chi connectivity index (χ1) is 40.2. The lowest BCUT2D eigenvalue weighted by molar-refractivity contribution is -0.155. The molecule has 0 radical (unpaired) electrons. The number of allylic oxidation sites excluding steroid dienone is 3. The van der Waals surface area contributed by atoms with Crippen molar-refractivity contribution in [3.05, 3.63) is 23.8 Å². The van der Waals surface area contributed by atoms with Crippen LogP contribution in [0.2, 0.25) is 0 Å². The SMILES string of the molecule is C/C=C/C[C@@H](C)C[C@H]1C(=O)N[C@@H](CC)C(=O)N(C)[C@H](CCN)C(=O)N(C)[C@@H](CC(C)C)C(=O)N[C@H](C(C)C)C(=O)N(C)[C@H](CC(C)C)C(=O)N[C@H](C)C(=O)N[C@@H](C)C(=O)N(C)[C@H](C=C(C)C)C(=O)N(C)[C@@H](CC(C)C)C(=O)N(C)[C@@H](C(C)C)C(=O)N1C. The molecule has 1 rings (SSSR count). The summed E-state index contributed by atoms with van der Waals surface area (Å²) in [6, 6.07) is -13.1. The van der Waals surface area contributed by atoms with Gasteiger partial charge in [0, 0.05) is 49.3 Å². The van der Waals surface area contributed by atoms with Gasteiger partial charge in [0.15, 0.2) is 0 Å². The van der Waals surface area contributed by atoms with Gasteiger partial charge < -0.3 is 61.3 Å². The Bertz CT molecular complexity index is 2420. The number of amides is 11. The van der Waals surface area contributed by atoms with Crippen molar-refractivity contribution >= 4 is 65.0 Å². The quantitative estimate of drug-likeness (QED) is 0.138. The van der Waals surface area contributed by atoms with Crippen LogP contribution in [0, 0.1) is 35.5 Å². The van der Waals surface area contributed by atoms with Crippen LogP contribution in [-0.2, 0) is 52.7 Å². The van der Waals surface area contributed by atoms with E-state index in [-0.39, 0.29) is 68.7 Å². The third-order valence-corrected chi connectivity index (χ3v) is 16.4. The van der Waals surface area contributed by atoms with Crippen LogP contribution in [-0.4, -0.2) is 222 Å². The first kappa shape index (κ1) is 78.6. The van der Waals surface area contributed by atoms with Crippen LogP contribution in [0.15, 0.2) is 23.8 Å². The molecule has 87 heavy (non-hydrogen) atoms. The number of nitrogens with two attached hydrogens (primary N) is 1. The number of nitrogens with one attached hydrogen (secondary N) is 4. The first-order valence-corrected chi connectivity index (χ1v) is 31.3. The van der Waals surface area contributed by atoms with Crippen molar-refractivity contribution in [3.63, 3.8) is 0 Å². The predicted octanol–water partition coefficient (Wildman–Crippen LogP) is 3.94. The van der Waals surface area contributed by atoms with E-state index in [1.165, 1.54) is 97.5 Å². The lowest BCUT2D eigenvalue weighted by Crippen LogP contribution is -2.62. The number of hydrogen-bond acceptors (Lipinski definition) is 12. The molecular weight excluding hydrogens is 1110 g/mol. The van der Waals surface area contributed by atoms with Crippen LogP contribution in [0.1, 0.15) is 163 Å². The summed E-state index contributed by atoms with van der Waals surface area (Å²) in [6.45, 7) is 30.1. The second-order valence-corrected chi connectivity index (χ2v) is 26.4. The Balaban J connectivity index is 4.41.